The fraction of sp³-hybridized carbons (Fsp3) is 0.353. The summed E-state index contributed by atoms with van der Waals surface area (Å²) in [6.45, 7) is 5.84. The van der Waals surface area contributed by atoms with Crippen LogP contribution in [0.15, 0.2) is 30.9 Å². The zero-order valence-corrected chi connectivity index (χ0v) is 16.8. The van der Waals surface area contributed by atoms with E-state index in [-0.39, 0.29) is 12.6 Å². The molecular weight excluding hydrogens is 401 g/mol. The standard InChI is InChI=1S/C15H16Cl3N3O2.C2H5O/c1-2-4-20(15(22)21-5-3-19-10-21)6-7-23-14-12(17)8-11(16)9-13(14)18;1-2-3/h3,5,8-10H,2,4,6-7H2,1H3;2-3H,1H3. The van der Waals surface area contributed by atoms with Crippen LogP contribution in [0.5, 0.6) is 5.75 Å². The van der Waals surface area contributed by atoms with Gasteiger partial charge in [0.05, 0.1) is 23.2 Å². The number of amides is 1. The molecule has 9 heteroatoms. The molecule has 143 valence electrons. The molecule has 26 heavy (non-hydrogen) atoms. The average Bonchev–Trinajstić information content (AvgIpc) is 3.10. The molecule has 1 aromatic heterocycles. The van der Waals surface area contributed by atoms with Crippen LogP contribution >= 0.6 is 34.8 Å². The van der Waals surface area contributed by atoms with Crippen molar-refractivity contribution in [3.8, 4) is 5.75 Å². The first kappa shape index (κ1) is 22.6. The molecule has 6 nitrogen and oxygen atoms in total. The molecule has 1 heterocycles. The van der Waals surface area contributed by atoms with Crippen molar-refractivity contribution in [3.05, 3.63) is 52.5 Å². The summed E-state index contributed by atoms with van der Waals surface area (Å²) in [6, 6.07) is 2.97. The number of halogens is 3. The van der Waals surface area contributed by atoms with E-state index < -0.39 is 0 Å². The fourth-order valence-electron chi connectivity index (χ4n) is 2.03. The predicted molar refractivity (Wildman–Crippen MR) is 104 cm³/mol. The number of hydrogen-bond donors (Lipinski definition) is 1. The molecule has 0 spiro atoms. The predicted octanol–water partition coefficient (Wildman–Crippen LogP) is 5.14. The molecule has 2 aromatic rings. The molecule has 1 aromatic carbocycles. The van der Waals surface area contributed by atoms with Gasteiger partial charge in [0, 0.05) is 24.0 Å². The number of carbonyl (C=O) groups excluding carboxylic acids is 1. The number of aromatic nitrogens is 2. The van der Waals surface area contributed by atoms with Gasteiger partial charge < -0.3 is 14.7 Å². The smallest absolute Gasteiger partial charge is 0.329 e. The maximum Gasteiger partial charge on any atom is 0.329 e. The van der Waals surface area contributed by atoms with E-state index in [4.69, 9.17) is 44.6 Å². The summed E-state index contributed by atoms with van der Waals surface area (Å²) < 4.78 is 7.05. The first-order chi connectivity index (χ1) is 12.4. The highest BCUT2D eigenvalue weighted by atomic mass is 35.5. The molecule has 2 rings (SSSR count). The molecular formula is C17H21Cl3N3O3. The molecule has 0 atom stereocenters. The largest absolute Gasteiger partial charge is 0.489 e. The van der Waals surface area contributed by atoms with Crippen molar-refractivity contribution in [1.29, 1.82) is 0 Å². The number of ether oxygens (including phenoxy) is 1. The first-order valence-electron chi connectivity index (χ1n) is 7.91. The molecule has 0 saturated carbocycles. The van der Waals surface area contributed by atoms with Crippen LogP contribution in [0.4, 0.5) is 4.79 Å². The zero-order chi connectivity index (χ0) is 19.5. The molecule has 0 aliphatic carbocycles. The van der Waals surface area contributed by atoms with Crippen LogP contribution in [0.1, 0.15) is 20.3 Å². The van der Waals surface area contributed by atoms with Crippen LogP contribution in [0.3, 0.4) is 0 Å². The maximum atomic E-state index is 12.3. The van der Waals surface area contributed by atoms with Gasteiger partial charge in [0.25, 0.3) is 0 Å². The van der Waals surface area contributed by atoms with E-state index in [0.717, 1.165) is 13.0 Å². The number of benzene rings is 1. The Morgan fingerprint density at radius 1 is 1.31 bits per heavy atom. The fourth-order valence-corrected chi connectivity index (χ4v) is 2.96. The van der Waals surface area contributed by atoms with Gasteiger partial charge in [-0.15, -0.1) is 0 Å². The van der Waals surface area contributed by atoms with Gasteiger partial charge in [-0.3, -0.25) is 4.57 Å². The van der Waals surface area contributed by atoms with Gasteiger partial charge in [-0.25, -0.2) is 9.78 Å². The number of hydrogen-bond acceptors (Lipinski definition) is 4. The van der Waals surface area contributed by atoms with Crippen LogP contribution in [0.2, 0.25) is 15.1 Å². The molecule has 1 radical (unpaired) electrons. The Morgan fingerprint density at radius 2 is 1.92 bits per heavy atom. The molecule has 1 amide bonds. The van der Waals surface area contributed by atoms with Gasteiger partial charge in [0.15, 0.2) is 5.75 Å². The van der Waals surface area contributed by atoms with E-state index in [1.54, 1.807) is 36.4 Å². The Bertz CT molecular complexity index is 658. The highest BCUT2D eigenvalue weighted by Crippen LogP contribution is 2.35. The quantitative estimate of drug-likeness (QED) is 0.701. The Kier molecular flexibility index (Phi) is 10.4. The number of nitrogens with zero attached hydrogens (tertiary/aromatic N) is 3. The van der Waals surface area contributed by atoms with E-state index >= 15 is 0 Å². The zero-order valence-electron chi connectivity index (χ0n) is 14.5. The van der Waals surface area contributed by atoms with Crippen LogP contribution in [-0.4, -0.2) is 45.3 Å². The molecule has 1 N–H and O–H groups in total. The normalized spacial score (nSPS) is 10.1. The topological polar surface area (TPSA) is 67.6 Å². The van der Waals surface area contributed by atoms with E-state index in [1.807, 2.05) is 6.92 Å². The second-order valence-electron chi connectivity index (χ2n) is 5.04. The van der Waals surface area contributed by atoms with Gasteiger partial charge in [-0.1, -0.05) is 41.7 Å². The van der Waals surface area contributed by atoms with Crippen molar-refractivity contribution >= 4 is 40.8 Å². The molecule has 0 fully saturated rings. The molecule has 0 saturated heterocycles. The van der Waals surface area contributed by atoms with Gasteiger partial charge in [0.2, 0.25) is 0 Å². The third kappa shape index (κ3) is 7.03. The average molecular weight is 422 g/mol. The number of imidazole rings is 1. The van der Waals surface area contributed by atoms with Crippen molar-refractivity contribution in [2.45, 2.75) is 20.3 Å². The highest BCUT2D eigenvalue weighted by molar-refractivity contribution is 6.40. The summed E-state index contributed by atoms with van der Waals surface area (Å²) in [5.41, 5.74) is 0. The second-order valence-corrected chi connectivity index (χ2v) is 6.30. The number of aliphatic hydroxyl groups excluding tert-OH is 1. The van der Waals surface area contributed by atoms with Gasteiger partial charge >= 0.3 is 6.03 Å². The summed E-state index contributed by atoms with van der Waals surface area (Å²) in [5, 5.41) is 8.56. The van der Waals surface area contributed by atoms with Crippen LogP contribution in [0.25, 0.3) is 0 Å². The summed E-state index contributed by atoms with van der Waals surface area (Å²) in [6.07, 6.45) is 5.48. The second kappa shape index (κ2) is 12.0. The lowest BCUT2D eigenvalue weighted by Crippen LogP contribution is -2.37. The minimum atomic E-state index is -0.152. The van der Waals surface area contributed by atoms with E-state index in [2.05, 4.69) is 4.98 Å². The summed E-state index contributed by atoms with van der Waals surface area (Å²) in [4.78, 5) is 17.9. The lowest BCUT2D eigenvalue weighted by Gasteiger charge is -2.22. The van der Waals surface area contributed by atoms with Gasteiger partial charge in [-0.2, -0.15) is 0 Å². The molecule has 0 bridgehead atoms. The molecule has 0 unspecified atom stereocenters. The van der Waals surface area contributed by atoms with Crippen molar-refractivity contribution in [2.24, 2.45) is 0 Å². The maximum absolute atomic E-state index is 12.3. The molecule has 0 aliphatic heterocycles. The van der Waals surface area contributed by atoms with Gasteiger partial charge in [0.1, 0.15) is 12.9 Å². The lowest BCUT2D eigenvalue weighted by atomic mass is 10.3. The Hall–Kier alpha value is -1.47. The number of rotatable bonds is 6. The Labute approximate surface area is 168 Å². The van der Waals surface area contributed by atoms with Crippen molar-refractivity contribution in [2.75, 3.05) is 19.7 Å². The summed E-state index contributed by atoms with van der Waals surface area (Å²) in [5.74, 6) is 0.365. The van der Waals surface area contributed by atoms with Crippen molar-refractivity contribution in [1.82, 2.24) is 14.5 Å². The summed E-state index contributed by atoms with van der Waals surface area (Å²) in [7, 11) is 0. The minimum absolute atomic E-state index is 0.152. The third-order valence-corrected chi connectivity index (χ3v) is 3.84. The van der Waals surface area contributed by atoms with Crippen LogP contribution in [0, 0.1) is 6.61 Å². The summed E-state index contributed by atoms with van der Waals surface area (Å²) >= 11 is 18.0. The van der Waals surface area contributed by atoms with E-state index in [9.17, 15) is 4.79 Å². The SMILES string of the molecule is CCCN(CCOc1c(Cl)cc(Cl)cc1Cl)C(=O)n1ccnc1.C[CH]O. The Balaban J connectivity index is 0.00000105. The van der Waals surface area contributed by atoms with Crippen LogP contribution < -0.4 is 4.74 Å². The molecule has 0 aliphatic rings. The van der Waals surface area contributed by atoms with E-state index in [0.29, 0.717) is 33.9 Å². The lowest BCUT2D eigenvalue weighted by molar-refractivity contribution is 0.184. The first-order valence-corrected chi connectivity index (χ1v) is 9.04. The van der Waals surface area contributed by atoms with Crippen molar-refractivity contribution in [3.63, 3.8) is 0 Å². The number of aliphatic hydroxyl groups is 1. The number of carbonyl (C=O) groups is 1. The highest BCUT2D eigenvalue weighted by Gasteiger charge is 2.15. The van der Waals surface area contributed by atoms with Gasteiger partial charge in [-0.05, 0) is 25.5 Å². The van der Waals surface area contributed by atoms with Crippen molar-refractivity contribution < 1.29 is 14.6 Å². The third-order valence-electron chi connectivity index (χ3n) is 3.06. The van der Waals surface area contributed by atoms with Crippen LogP contribution in [-0.2, 0) is 0 Å². The van der Waals surface area contributed by atoms with E-state index in [1.165, 1.54) is 10.9 Å². The Morgan fingerprint density at radius 3 is 2.42 bits per heavy atom. The minimum Gasteiger partial charge on any atom is -0.489 e. The monoisotopic (exact) mass is 420 g/mol.